The molecule has 7 heteroatoms. The molecule has 0 saturated heterocycles. The maximum Gasteiger partial charge on any atom is 0.271 e. The van der Waals surface area contributed by atoms with Gasteiger partial charge >= 0.3 is 0 Å². The molecule has 3 heterocycles. The van der Waals surface area contributed by atoms with Gasteiger partial charge in [-0.1, -0.05) is 5.16 Å². The predicted molar refractivity (Wildman–Crippen MR) is 83.1 cm³/mol. The van der Waals surface area contributed by atoms with Gasteiger partial charge in [-0.15, -0.1) is 11.3 Å². The molecule has 3 rings (SSSR count). The minimum absolute atomic E-state index is 0.0159. The van der Waals surface area contributed by atoms with Crippen molar-refractivity contribution < 1.29 is 4.52 Å². The van der Waals surface area contributed by atoms with E-state index < -0.39 is 0 Å². The van der Waals surface area contributed by atoms with E-state index in [0.717, 1.165) is 22.7 Å². The van der Waals surface area contributed by atoms with E-state index in [0.29, 0.717) is 17.8 Å². The van der Waals surface area contributed by atoms with Crippen LogP contribution in [0.5, 0.6) is 0 Å². The van der Waals surface area contributed by atoms with Crippen LogP contribution in [0.15, 0.2) is 27.1 Å². The molecule has 3 aromatic rings. The smallest absolute Gasteiger partial charge is 0.271 e. The van der Waals surface area contributed by atoms with Crippen molar-refractivity contribution in [3.05, 3.63) is 39.6 Å². The first-order valence-corrected chi connectivity index (χ1v) is 7.52. The molecule has 0 saturated carbocycles. The van der Waals surface area contributed by atoms with Gasteiger partial charge in [-0.05, 0) is 25.3 Å². The maximum absolute atomic E-state index is 12.3. The lowest BCUT2D eigenvalue weighted by atomic mass is 10.3. The Balaban J connectivity index is 1.80. The SMILES string of the molecule is Cc1noc(C)c1N(C)CCn1cnc2ccsc2c1=O. The highest BCUT2D eigenvalue weighted by molar-refractivity contribution is 7.17. The van der Waals surface area contributed by atoms with Gasteiger partial charge in [0.25, 0.3) is 5.56 Å². The third-order valence-corrected chi connectivity index (χ3v) is 4.38. The second kappa shape index (κ2) is 5.33. The molecule has 0 aromatic carbocycles. The largest absolute Gasteiger partial charge is 0.368 e. The van der Waals surface area contributed by atoms with Gasteiger partial charge in [0.05, 0.1) is 11.8 Å². The number of hydrogen-bond donors (Lipinski definition) is 0. The lowest BCUT2D eigenvalue weighted by Gasteiger charge is -2.19. The van der Waals surface area contributed by atoms with E-state index in [4.69, 9.17) is 4.52 Å². The Morgan fingerprint density at radius 1 is 1.43 bits per heavy atom. The lowest BCUT2D eigenvalue weighted by molar-refractivity contribution is 0.393. The van der Waals surface area contributed by atoms with Crippen molar-refractivity contribution in [2.75, 3.05) is 18.5 Å². The molecule has 0 fully saturated rings. The van der Waals surface area contributed by atoms with E-state index in [2.05, 4.69) is 10.1 Å². The van der Waals surface area contributed by atoms with Crippen molar-refractivity contribution in [3.63, 3.8) is 0 Å². The highest BCUT2D eigenvalue weighted by Gasteiger charge is 2.14. The molecule has 3 aromatic heterocycles. The van der Waals surface area contributed by atoms with E-state index in [1.807, 2.05) is 37.2 Å². The molecule has 0 aliphatic rings. The molecule has 6 nitrogen and oxygen atoms in total. The molecule has 110 valence electrons. The minimum Gasteiger partial charge on any atom is -0.368 e. The molecule has 0 bridgehead atoms. The van der Waals surface area contributed by atoms with E-state index in [9.17, 15) is 4.79 Å². The van der Waals surface area contributed by atoms with E-state index >= 15 is 0 Å². The van der Waals surface area contributed by atoms with Gasteiger partial charge in [-0.25, -0.2) is 4.98 Å². The van der Waals surface area contributed by atoms with Crippen LogP contribution < -0.4 is 10.5 Å². The molecule has 0 spiro atoms. The number of thiophene rings is 1. The van der Waals surface area contributed by atoms with Crippen LogP contribution in [-0.2, 0) is 6.54 Å². The average Bonchev–Trinajstić information content (AvgIpc) is 3.05. The molecular weight excluding hydrogens is 288 g/mol. The Morgan fingerprint density at radius 3 is 2.95 bits per heavy atom. The molecule has 0 atom stereocenters. The van der Waals surface area contributed by atoms with Crippen molar-refractivity contribution >= 4 is 27.2 Å². The summed E-state index contributed by atoms with van der Waals surface area (Å²) in [6, 6.07) is 1.86. The second-order valence-electron chi connectivity index (χ2n) is 4.97. The van der Waals surface area contributed by atoms with Gasteiger partial charge in [0.2, 0.25) is 0 Å². The summed E-state index contributed by atoms with van der Waals surface area (Å²) in [6.45, 7) is 5.05. The molecule has 0 radical (unpaired) electrons. The number of likely N-dealkylation sites (N-methyl/N-ethyl adjacent to an activating group) is 1. The number of rotatable bonds is 4. The van der Waals surface area contributed by atoms with Gasteiger partial charge in [-0.2, -0.15) is 0 Å². The van der Waals surface area contributed by atoms with Crippen molar-refractivity contribution in [2.24, 2.45) is 0 Å². The number of nitrogens with zero attached hydrogens (tertiary/aromatic N) is 4. The third kappa shape index (κ3) is 2.44. The first-order chi connectivity index (χ1) is 10.1. The van der Waals surface area contributed by atoms with E-state index in [-0.39, 0.29) is 5.56 Å². The Morgan fingerprint density at radius 2 is 2.24 bits per heavy atom. The van der Waals surface area contributed by atoms with Crippen LogP contribution in [-0.4, -0.2) is 28.3 Å². The zero-order chi connectivity index (χ0) is 15.0. The summed E-state index contributed by atoms with van der Waals surface area (Å²) in [4.78, 5) is 18.7. The van der Waals surface area contributed by atoms with E-state index in [1.165, 1.54) is 11.3 Å². The predicted octanol–water partition coefficient (Wildman–Crippen LogP) is 2.20. The zero-order valence-corrected chi connectivity index (χ0v) is 13.0. The lowest BCUT2D eigenvalue weighted by Crippen LogP contribution is -2.28. The average molecular weight is 304 g/mol. The quantitative estimate of drug-likeness (QED) is 0.739. The van der Waals surface area contributed by atoms with Crippen LogP contribution in [0.2, 0.25) is 0 Å². The van der Waals surface area contributed by atoms with Crippen LogP contribution in [0.4, 0.5) is 5.69 Å². The number of aromatic nitrogens is 3. The number of aryl methyl sites for hydroxylation is 2. The van der Waals surface area contributed by atoms with E-state index in [1.54, 1.807) is 10.9 Å². The number of hydrogen-bond acceptors (Lipinski definition) is 6. The summed E-state index contributed by atoms with van der Waals surface area (Å²) >= 11 is 1.43. The first kappa shape index (κ1) is 13.8. The molecule has 0 unspecified atom stereocenters. The summed E-state index contributed by atoms with van der Waals surface area (Å²) in [6.07, 6.45) is 1.61. The summed E-state index contributed by atoms with van der Waals surface area (Å²) in [5.41, 5.74) is 2.62. The Labute approximate surface area is 125 Å². The monoisotopic (exact) mass is 304 g/mol. The topological polar surface area (TPSA) is 64.2 Å². The van der Waals surface area contributed by atoms with Gasteiger partial charge in [0.1, 0.15) is 16.1 Å². The van der Waals surface area contributed by atoms with Crippen molar-refractivity contribution in [1.29, 1.82) is 0 Å². The molecule has 21 heavy (non-hydrogen) atoms. The summed E-state index contributed by atoms with van der Waals surface area (Å²) < 4.78 is 7.52. The molecule has 0 aliphatic heterocycles. The van der Waals surface area contributed by atoms with Gasteiger partial charge in [-0.3, -0.25) is 9.36 Å². The molecule has 0 N–H and O–H groups in total. The van der Waals surface area contributed by atoms with Crippen molar-refractivity contribution in [3.8, 4) is 0 Å². The fraction of sp³-hybridized carbons (Fsp3) is 0.357. The summed E-state index contributed by atoms with van der Waals surface area (Å²) in [5.74, 6) is 0.786. The maximum atomic E-state index is 12.3. The molecular formula is C14H16N4O2S. The van der Waals surface area contributed by atoms with Crippen molar-refractivity contribution in [2.45, 2.75) is 20.4 Å². The highest BCUT2D eigenvalue weighted by atomic mass is 32.1. The normalized spacial score (nSPS) is 11.2. The summed E-state index contributed by atoms with van der Waals surface area (Å²) in [5, 5.41) is 5.84. The standard InChI is InChI=1S/C14H16N4O2S/c1-9-12(10(2)20-16-9)17(3)5-6-18-8-15-11-4-7-21-13(11)14(18)19/h4,7-8H,5-6H2,1-3H3. The van der Waals surface area contributed by atoms with Gasteiger partial charge < -0.3 is 9.42 Å². The van der Waals surface area contributed by atoms with Crippen LogP contribution in [0.25, 0.3) is 10.2 Å². The third-order valence-electron chi connectivity index (χ3n) is 3.49. The van der Waals surface area contributed by atoms with Crippen LogP contribution in [0, 0.1) is 13.8 Å². The Hall–Kier alpha value is -2.15. The summed E-state index contributed by atoms with van der Waals surface area (Å²) in [7, 11) is 1.97. The first-order valence-electron chi connectivity index (χ1n) is 6.64. The fourth-order valence-electron chi connectivity index (χ4n) is 2.43. The van der Waals surface area contributed by atoms with Crippen molar-refractivity contribution in [1.82, 2.24) is 14.7 Å². The number of anilines is 1. The number of fused-ring (bicyclic) bond motifs is 1. The minimum atomic E-state index is 0.0159. The van der Waals surface area contributed by atoms with Crippen LogP contribution >= 0.6 is 11.3 Å². The Kier molecular flexibility index (Phi) is 3.50. The molecule has 0 aliphatic carbocycles. The second-order valence-corrected chi connectivity index (χ2v) is 5.89. The fourth-order valence-corrected chi connectivity index (χ4v) is 3.22. The zero-order valence-electron chi connectivity index (χ0n) is 12.2. The van der Waals surface area contributed by atoms with Crippen LogP contribution in [0.1, 0.15) is 11.5 Å². The van der Waals surface area contributed by atoms with Gasteiger partial charge in [0, 0.05) is 20.1 Å². The molecule has 0 amide bonds. The highest BCUT2D eigenvalue weighted by Crippen LogP contribution is 2.22. The van der Waals surface area contributed by atoms with Gasteiger partial charge in [0.15, 0.2) is 5.76 Å². The van der Waals surface area contributed by atoms with Crippen LogP contribution in [0.3, 0.4) is 0 Å². The Bertz CT molecular complexity index is 813.